The van der Waals surface area contributed by atoms with Gasteiger partial charge >= 0.3 is 5.97 Å². The highest BCUT2D eigenvalue weighted by Gasteiger charge is 2.26. The lowest BCUT2D eigenvalue weighted by atomic mass is 9.98. The third-order valence-corrected chi connectivity index (χ3v) is 4.45. The Kier molecular flexibility index (Phi) is 4.58. The van der Waals surface area contributed by atoms with Crippen LogP contribution in [0.25, 0.3) is 11.7 Å². The molecule has 1 aromatic carbocycles. The molecule has 7 heteroatoms. The lowest BCUT2D eigenvalue weighted by Gasteiger charge is -2.07. The van der Waals surface area contributed by atoms with Crippen molar-refractivity contribution in [3.63, 3.8) is 0 Å². The standard InChI is InChI=1S/C20H19NO6/c1-2-14-4-6-17(27-14)20-21-13(11-26-20)10-24-15-3-5-16-12(7-19(22)23)9-25-18(16)8-15/h3-6,8,11-12H,2,7,9-10H2,1H3,(H,22,23). The van der Waals surface area contributed by atoms with Gasteiger partial charge in [-0.05, 0) is 18.2 Å². The summed E-state index contributed by atoms with van der Waals surface area (Å²) in [5, 5.41) is 8.96. The van der Waals surface area contributed by atoms with Gasteiger partial charge in [-0.1, -0.05) is 13.0 Å². The van der Waals surface area contributed by atoms with Crippen LogP contribution in [0.1, 0.15) is 36.3 Å². The van der Waals surface area contributed by atoms with Gasteiger partial charge in [-0.2, -0.15) is 0 Å². The second-order valence-electron chi connectivity index (χ2n) is 6.36. The van der Waals surface area contributed by atoms with E-state index in [9.17, 15) is 4.79 Å². The quantitative estimate of drug-likeness (QED) is 0.672. The van der Waals surface area contributed by atoms with E-state index in [1.807, 2.05) is 31.2 Å². The molecule has 7 nitrogen and oxygen atoms in total. The highest BCUT2D eigenvalue weighted by molar-refractivity contribution is 5.68. The van der Waals surface area contributed by atoms with Crippen LogP contribution in [0.2, 0.25) is 0 Å². The highest BCUT2D eigenvalue weighted by Crippen LogP contribution is 2.38. The number of nitrogens with zero attached hydrogens (tertiary/aromatic N) is 1. The summed E-state index contributed by atoms with van der Waals surface area (Å²) in [4.78, 5) is 15.3. The Morgan fingerprint density at radius 3 is 3.00 bits per heavy atom. The number of carbonyl (C=O) groups is 1. The molecular weight excluding hydrogens is 350 g/mol. The van der Waals surface area contributed by atoms with E-state index in [0.717, 1.165) is 17.7 Å². The number of aromatic nitrogens is 1. The molecule has 0 amide bonds. The molecule has 0 fully saturated rings. The zero-order valence-electron chi connectivity index (χ0n) is 14.8. The summed E-state index contributed by atoms with van der Waals surface area (Å²) >= 11 is 0. The van der Waals surface area contributed by atoms with E-state index in [1.54, 1.807) is 6.07 Å². The molecule has 0 aliphatic carbocycles. The molecule has 1 atom stereocenters. The van der Waals surface area contributed by atoms with Crippen molar-refractivity contribution in [2.24, 2.45) is 0 Å². The molecule has 140 valence electrons. The number of aliphatic carboxylic acids is 1. The summed E-state index contributed by atoms with van der Waals surface area (Å²) in [6, 6.07) is 9.18. The van der Waals surface area contributed by atoms with Gasteiger partial charge in [-0.25, -0.2) is 4.98 Å². The van der Waals surface area contributed by atoms with Gasteiger partial charge in [0.05, 0.1) is 13.0 Å². The van der Waals surface area contributed by atoms with E-state index in [2.05, 4.69) is 4.98 Å². The Labute approximate surface area is 155 Å². The fraction of sp³-hybridized carbons (Fsp3) is 0.300. The van der Waals surface area contributed by atoms with E-state index >= 15 is 0 Å². The number of hydrogen-bond donors (Lipinski definition) is 1. The third kappa shape index (κ3) is 3.67. The Morgan fingerprint density at radius 1 is 1.33 bits per heavy atom. The van der Waals surface area contributed by atoms with E-state index in [4.69, 9.17) is 23.4 Å². The van der Waals surface area contributed by atoms with Gasteiger partial charge in [0.15, 0.2) is 5.76 Å². The lowest BCUT2D eigenvalue weighted by molar-refractivity contribution is -0.137. The first-order valence-electron chi connectivity index (χ1n) is 8.77. The molecule has 0 saturated heterocycles. The molecule has 2 aromatic heterocycles. The molecular formula is C20H19NO6. The van der Waals surface area contributed by atoms with Crippen molar-refractivity contribution in [2.45, 2.75) is 32.3 Å². The molecule has 1 aliphatic rings. The number of hydrogen-bond acceptors (Lipinski definition) is 6. The first-order valence-corrected chi connectivity index (χ1v) is 8.77. The van der Waals surface area contributed by atoms with Crippen LogP contribution >= 0.6 is 0 Å². The van der Waals surface area contributed by atoms with E-state index < -0.39 is 5.97 Å². The van der Waals surface area contributed by atoms with Gasteiger partial charge < -0.3 is 23.4 Å². The SMILES string of the molecule is CCc1ccc(-c2nc(COc3ccc4c(c3)OCC4CC(=O)O)co2)o1. The summed E-state index contributed by atoms with van der Waals surface area (Å²) in [6.07, 6.45) is 2.40. The van der Waals surface area contributed by atoms with E-state index in [-0.39, 0.29) is 18.9 Å². The summed E-state index contributed by atoms with van der Waals surface area (Å²) in [5.41, 5.74) is 1.54. The number of oxazole rings is 1. The van der Waals surface area contributed by atoms with Gasteiger partial charge in [0.2, 0.25) is 0 Å². The minimum atomic E-state index is -0.832. The van der Waals surface area contributed by atoms with Crippen LogP contribution in [0.15, 0.2) is 45.4 Å². The van der Waals surface area contributed by atoms with Gasteiger partial charge in [-0.15, -0.1) is 0 Å². The van der Waals surface area contributed by atoms with Crippen molar-refractivity contribution >= 4 is 5.97 Å². The average molecular weight is 369 g/mol. The molecule has 0 bridgehead atoms. The zero-order chi connectivity index (χ0) is 18.8. The molecule has 4 rings (SSSR count). The maximum Gasteiger partial charge on any atom is 0.304 e. The Balaban J connectivity index is 1.40. The largest absolute Gasteiger partial charge is 0.492 e. The van der Waals surface area contributed by atoms with E-state index in [1.165, 1.54) is 6.26 Å². The van der Waals surface area contributed by atoms with Crippen molar-refractivity contribution in [1.82, 2.24) is 4.98 Å². The minimum Gasteiger partial charge on any atom is -0.492 e. The first kappa shape index (κ1) is 17.2. The van der Waals surface area contributed by atoms with Gasteiger partial charge in [0.25, 0.3) is 5.89 Å². The molecule has 1 unspecified atom stereocenters. The molecule has 27 heavy (non-hydrogen) atoms. The first-order chi connectivity index (χ1) is 13.1. The predicted molar refractivity (Wildman–Crippen MR) is 94.8 cm³/mol. The average Bonchev–Trinajstić information content (AvgIpc) is 3.39. The summed E-state index contributed by atoms with van der Waals surface area (Å²) in [6.45, 7) is 2.63. The molecule has 3 aromatic rings. The molecule has 1 N–H and O–H groups in total. The van der Waals surface area contributed by atoms with Crippen molar-refractivity contribution in [2.75, 3.05) is 6.61 Å². The van der Waals surface area contributed by atoms with Crippen LogP contribution in [-0.2, 0) is 17.8 Å². The maximum absolute atomic E-state index is 10.9. The number of benzene rings is 1. The number of fused-ring (bicyclic) bond motifs is 1. The second kappa shape index (κ2) is 7.19. The molecule has 0 spiro atoms. The van der Waals surface area contributed by atoms with Crippen molar-refractivity contribution in [1.29, 1.82) is 0 Å². The monoisotopic (exact) mass is 369 g/mol. The number of rotatable bonds is 7. The number of carboxylic acids is 1. The summed E-state index contributed by atoms with van der Waals surface area (Å²) in [7, 11) is 0. The molecule has 3 heterocycles. The number of furan rings is 1. The topological polar surface area (TPSA) is 94.9 Å². The predicted octanol–water partition coefficient (Wildman–Crippen LogP) is 4.03. The van der Waals surface area contributed by atoms with Crippen LogP contribution in [0.3, 0.4) is 0 Å². The van der Waals surface area contributed by atoms with Crippen LogP contribution in [-0.4, -0.2) is 22.7 Å². The third-order valence-electron chi connectivity index (χ3n) is 4.45. The van der Waals surface area contributed by atoms with Crippen LogP contribution in [0.4, 0.5) is 0 Å². The van der Waals surface area contributed by atoms with E-state index in [0.29, 0.717) is 35.5 Å². The Hall–Kier alpha value is -3.22. The summed E-state index contributed by atoms with van der Waals surface area (Å²) in [5.74, 6) is 2.23. The molecule has 0 radical (unpaired) electrons. The smallest absolute Gasteiger partial charge is 0.304 e. The number of carboxylic acid groups (broad SMARTS) is 1. The maximum atomic E-state index is 10.9. The van der Waals surface area contributed by atoms with Crippen LogP contribution in [0, 0.1) is 0 Å². The second-order valence-corrected chi connectivity index (χ2v) is 6.36. The fourth-order valence-electron chi connectivity index (χ4n) is 3.05. The van der Waals surface area contributed by atoms with Crippen LogP contribution < -0.4 is 9.47 Å². The summed E-state index contributed by atoms with van der Waals surface area (Å²) < 4.78 is 22.4. The molecule has 0 saturated carbocycles. The Morgan fingerprint density at radius 2 is 2.22 bits per heavy atom. The number of ether oxygens (including phenoxy) is 2. The van der Waals surface area contributed by atoms with Crippen molar-refractivity contribution < 1.29 is 28.2 Å². The van der Waals surface area contributed by atoms with Gasteiger partial charge in [0, 0.05) is 24.0 Å². The minimum absolute atomic E-state index is 0.0570. The zero-order valence-corrected chi connectivity index (χ0v) is 14.8. The highest BCUT2D eigenvalue weighted by atomic mass is 16.5. The van der Waals surface area contributed by atoms with Crippen LogP contribution in [0.5, 0.6) is 11.5 Å². The lowest BCUT2D eigenvalue weighted by Crippen LogP contribution is -2.07. The number of aryl methyl sites for hydroxylation is 1. The van der Waals surface area contributed by atoms with Gasteiger partial charge in [-0.3, -0.25) is 4.79 Å². The van der Waals surface area contributed by atoms with Gasteiger partial charge in [0.1, 0.15) is 35.8 Å². The fourth-order valence-corrected chi connectivity index (χ4v) is 3.05. The molecule has 1 aliphatic heterocycles. The van der Waals surface area contributed by atoms with Crippen molar-refractivity contribution in [3.05, 3.63) is 53.6 Å². The van der Waals surface area contributed by atoms with Crippen molar-refractivity contribution in [3.8, 4) is 23.1 Å². The normalized spacial score (nSPS) is 15.4. The Bertz CT molecular complexity index is 957.